The van der Waals surface area contributed by atoms with Gasteiger partial charge in [0.05, 0.1) is 22.8 Å². The lowest BCUT2D eigenvalue weighted by molar-refractivity contribution is -0.130. The molecule has 1 aliphatic rings. The number of hydrogen-bond donors (Lipinski definition) is 0. The van der Waals surface area contributed by atoms with Gasteiger partial charge in [-0.3, -0.25) is 4.79 Å². The number of hydrogen-bond acceptors (Lipinski definition) is 5. The second-order valence-corrected chi connectivity index (χ2v) is 7.18. The van der Waals surface area contributed by atoms with E-state index in [1.807, 2.05) is 53.4 Å². The molecule has 1 amide bonds. The number of amides is 1. The maximum absolute atomic E-state index is 12.8. The molecule has 1 saturated heterocycles. The third-order valence-corrected chi connectivity index (χ3v) is 5.27. The Bertz CT molecular complexity index is 928. The van der Waals surface area contributed by atoms with Gasteiger partial charge in [0, 0.05) is 26.2 Å². The number of anilines is 1. The molecule has 8 heteroatoms. The van der Waals surface area contributed by atoms with Crippen LogP contribution in [0.5, 0.6) is 0 Å². The maximum Gasteiger partial charge on any atom is 0.227 e. The van der Waals surface area contributed by atoms with Gasteiger partial charge in [-0.25, -0.2) is 4.68 Å². The molecule has 2 aromatic carbocycles. The van der Waals surface area contributed by atoms with Crippen LogP contribution in [0.3, 0.4) is 0 Å². The third-order valence-electron chi connectivity index (χ3n) is 4.95. The fraction of sp³-hybridized carbons (Fsp3) is 0.300. The average molecular weight is 397 g/mol. The maximum atomic E-state index is 12.8. The molecule has 1 aromatic heterocycles. The number of tetrazole rings is 1. The lowest BCUT2D eigenvalue weighted by Gasteiger charge is -2.24. The van der Waals surface area contributed by atoms with E-state index < -0.39 is 0 Å². The summed E-state index contributed by atoms with van der Waals surface area (Å²) in [6.45, 7) is 3.15. The molecule has 0 saturated carbocycles. The first-order valence-electron chi connectivity index (χ1n) is 9.30. The Balaban J connectivity index is 1.37. The van der Waals surface area contributed by atoms with Crippen LogP contribution in [0.1, 0.15) is 12.0 Å². The molecule has 7 nitrogen and oxygen atoms in total. The predicted molar refractivity (Wildman–Crippen MR) is 108 cm³/mol. The summed E-state index contributed by atoms with van der Waals surface area (Å²) in [7, 11) is 0. The molecule has 0 atom stereocenters. The largest absolute Gasteiger partial charge is 0.368 e. The molecule has 1 aliphatic heterocycles. The first kappa shape index (κ1) is 18.4. The minimum atomic E-state index is 0.149. The van der Waals surface area contributed by atoms with E-state index in [1.54, 1.807) is 11.0 Å². The fourth-order valence-electron chi connectivity index (χ4n) is 3.45. The number of para-hydroxylation sites is 1. The Morgan fingerprint density at radius 1 is 1.00 bits per heavy atom. The van der Waals surface area contributed by atoms with E-state index in [4.69, 9.17) is 11.6 Å². The number of aromatic nitrogens is 4. The highest BCUT2D eigenvalue weighted by atomic mass is 35.5. The smallest absolute Gasteiger partial charge is 0.227 e. The second-order valence-electron chi connectivity index (χ2n) is 6.77. The average Bonchev–Trinajstić information content (AvgIpc) is 3.14. The minimum Gasteiger partial charge on any atom is -0.368 e. The number of nitrogens with zero attached hydrogens (tertiary/aromatic N) is 6. The Morgan fingerprint density at radius 3 is 2.57 bits per heavy atom. The van der Waals surface area contributed by atoms with E-state index in [-0.39, 0.29) is 5.91 Å². The van der Waals surface area contributed by atoms with Gasteiger partial charge in [-0.05, 0) is 46.7 Å². The molecular weight excluding hydrogens is 376 g/mol. The van der Waals surface area contributed by atoms with Crippen molar-refractivity contribution in [2.24, 2.45) is 0 Å². The van der Waals surface area contributed by atoms with Crippen LogP contribution in [0.2, 0.25) is 5.02 Å². The summed E-state index contributed by atoms with van der Waals surface area (Å²) in [6, 6.07) is 15.6. The predicted octanol–water partition coefficient (Wildman–Crippen LogP) is 2.60. The summed E-state index contributed by atoms with van der Waals surface area (Å²) >= 11 is 6.33. The first-order chi connectivity index (χ1) is 13.7. The van der Waals surface area contributed by atoms with Gasteiger partial charge in [0.15, 0.2) is 0 Å². The van der Waals surface area contributed by atoms with Crippen molar-refractivity contribution in [3.63, 3.8) is 0 Å². The fourth-order valence-corrected chi connectivity index (χ4v) is 3.70. The number of rotatable bonds is 4. The summed E-state index contributed by atoms with van der Waals surface area (Å²) in [5.41, 5.74) is 2.89. The Labute approximate surface area is 168 Å². The van der Waals surface area contributed by atoms with Crippen molar-refractivity contribution in [3.8, 4) is 5.69 Å². The van der Waals surface area contributed by atoms with Gasteiger partial charge in [0.1, 0.15) is 6.33 Å². The number of carbonyl (C=O) groups is 1. The molecule has 0 unspecified atom stereocenters. The van der Waals surface area contributed by atoms with E-state index in [1.165, 1.54) is 0 Å². The van der Waals surface area contributed by atoms with Crippen LogP contribution in [0.4, 0.5) is 5.69 Å². The quantitative estimate of drug-likeness (QED) is 0.678. The van der Waals surface area contributed by atoms with E-state index in [0.717, 1.165) is 48.0 Å². The minimum absolute atomic E-state index is 0.149. The second kappa shape index (κ2) is 8.39. The monoisotopic (exact) mass is 396 g/mol. The molecule has 0 N–H and O–H groups in total. The topological polar surface area (TPSA) is 67.2 Å². The van der Waals surface area contributed by atoms with Gasteiger partial charge in [-0.1, -0.05) is 35.9 Å². The zero-order valence-electron chi connectivity index (χ0n) is 15.4. The lowest BCUT2D eigenvalue weighted by Crippen LogP contribution is -2.36. The van der Waals surface area contributed by atoms with Crippen molar-refractivity contribution in [3.05, 3.63) is 65.4 Å². The van der Waals surface area contributed by atoms with Crippen LogP contribution in [0, 0.1) is 0 Å². The van der Waals surface area contributed by atoms with Crippen molar-refractivity contribution in [2.45, 2.75) is 12.8 Å². The van der Waals surface area contributed by atoms with Crippen molar-refractivity contribution in [1.82, 2.24) is 25.1 Å². The van der Waals surface area contributed by atoms with E-state index in [2.05, 4.69) is 20.4 Å². The number of halogens is 1. The van der Waals surface area contributed by atoms with Crippen LogP contribution in [0.15, 0.2) is 54.9 Å². The number of carbonyl (C=O) groups excluding carboxylic acids is 1. The highest BCUT2D eigenvalue weighted by Gasteiger charge is 2.20. The Morgan fingerprint density at radius 2 is 1.82 bits per heavy atom. The van der Waals surface area contributed by atoms with Crippen molar-refractivity contribution in [2.75, 3.05) is 31.1 Å². The van der Waals surface area contributed by atoms with Crippen molar-refractivity contribution < 1.29 is 4.79 Å². The van der Waals surface area contributed by atoms with E-state index in [9.17, 15) is 4.79 Å². The molecule has 144 valence electrons. The van der Waals surface area contributed by atoms with Crippen molar-refractivity contribution in [1.29, 1.82) is 0 Å². The Kier molecular flexibility index (Phi) is 5.53. The molecule has 0 aliphatic carbocycles. The zero-order valence-corrected chi connectivity index (χ0v) is 16.2. The molecule has 1 fully saturated rings. The highest BCUT2D eigenvalue weighted by molar-refractivity contribution is 6.33. The summed E-state index contributed by atoms with van der Waals surface area (Å²) in [5.74, 6) is 0.149. The molecule has 4 rings (SSSR count). The van der Waals surface area contributed by atoms with Gasteiger partial charge in [0.25, 0.3) is 0 Å². The zero-order chi connectivity index (χ0) is 19.3. The van der Waals surface area contributed by atoms with Crippen LogP contribution >= 0.6 is 11.6 Å². The summed E-state index contributed by atoms with van der Waals surface area (Å²) < 4.78 is 1.59. The molecular formula is C20H21ClN6O. The van der Waals surface area contributed by atoms with E-state index in [0.29, 0.717) is 13.0 Å². The number of benzene rings is 2. The van der Waals surface area contributed by atoms with Crippen LogP contribution in [-0.4, -0.2) is 57.2 Å². The van der Waals surface area contributed by atoms with Gasteiger partial charge in [0.2, 0.25) is 5.91 Å². The van der Waals surface area contributed by atoms with E-state index >= 15 is 0 Å². The summed E-state index contributed by atoms with van der Waals surface area (Å²) in [5, 5.41) is 11.9. The SMILES string of the molecule is O=C(Cc1ccc(-n2cnnn2)cc1)N1CCCN(c2ccccc2Cl)CC1. The van der Waals surface area contributed by atoms with Crippen LogP contribution in [-0.2, 0) is 11.2 Å². The molecule has 0 spiro atoms. The van der Waals surface area contributed by atoms with Crippen LogP contribution in [0.25, 0.3) is 5.69 Å². The highest BCUT2D eigenvalue weighted by Crippen LogP contribution is 2.26. The standard InChI is InChI=1S/C20H21ClN6O/c21-18-4-1-2-5-19(18)25-10-3-11-26(13-12-25)20(28)14-16-6-8-17(9-7-16)27-15-22-23-24-27/h1-2,4-9,15H,3,10-14H2. The lowest BCUT2D eigenvalue weighted by atomic mass is 10.1. The molecule has 2 heterocycles. The molecule has 3 aromatic rings. The van der Waals surface area contributed by atoms with Gasteiger partial charge < -0.3 is 9.80 Å². The van der Waals surface area contributed by atoms with Crippen molar-refractivity contribution >= 4 is 23.2 Å². The molecule has 0 bridgehead atoms. The third kappa shape index (κ3) is 4.14. The Hall–Kier alpha value is -2.93. The molecule has 28 heavy (non-hydrogen) atoms. The normalized spacial score (nSPS) is 14.8. The summed E-state index contributed by atoms with van der Waals surface area (Å²) in [6.07, 6.45) is 2.86. The first-order valence-corrected chi connectivity index (χ1v) is 9.68. The van der Waals surface area contributed by atoms with Gasteiger partial charge in [-0.15, -0.1) is 5.10 Å². The molecule has 0 radical (unpaired) electrons. The van der Waals surface area contributed by atoms with Crippen LogP contribution < -0.4 is 4.90 Å². The van der Waals surface area contributed by atoms with Gasteiger partial charge >= 0.3 is 0 Å². The van der Waals surface area contributed by atoms with Gasteiger partial charge in [-0.2, -0.15) is 0 Å². The summed E-state index contributed by atoms with van der Waals surface area (Å²) in [4.78, 5) is 17.0.